The largest absolute Gasteiger partial charge is 0.378 e. The molecule has 2 rings (SSSR count). The minimum absolute atomic E-state index is 0.572. The third kappa shape index (κ3) is 1.54. The Labute approximate surface area is 86.1 Å². The Kier molecular flexibility index (Phi) is 2.31. The Bertz CT molecular complexity index is 397. The summed E-state index contributed by atoms with van der Waals surface area (Å²) in [6, 6.07) is 3.80. The third-order valence-electron chi connectivity index (χ3n) is 2.06. The SMILES string of the molecule is CC(O)(c1cnccn1)c1cccs1. The Balaban J connectivity index is 2.43. The van der Waals surface area contributed by atoms with E-state index in [1.165, 1.54) is 11.3 Å². The summed E-state index contributed by atoms with van der Waals surface area (Å²) in [5.74, 6) is 0. The number of aliphatic hydroxyl groups is 1. The van der Waals surface area contributed by atoms with Crippen LogP contribution in [0.25, 0.3) is 0 Å². The van der Waals surface area contributed by atoms with Gasteiger partial charge in [0, 0.05) is 17.3 Å². The average Bonchev–Trinajstić information content (AvgIpc) is 2.72. The first-order valence-corrected chi connectivity index (χ1v) is 5.12. The van der Waals surface area contributed by atoms with Crippen molar-refractivity contribution in [2.24, 2.45) is 0 Å². The summed E-state index contributed by atoms with van der Waals surface area (Å²) in [4.78, 5) is 8.92. The molecule has 0 radical (unpaired) electrons. The molecule has 3 nitrogen and oxygen atoms in total. The van der Waals surface area contributed by atoms with Crippen LogP contribution in [-0.4, -0.2) is 15.1 Å². The van der Waals surface area contributed by atoms with Crippen molar-refractivity contribution >= 4 is 11.3 Å². The lowest BCUT2D eigenvalue weighted by Crippen LogP contribution is -2.22. The van der Waals surface area contributed by atoms with E-state index in [-0.39, 0.29) is 0 Å². The van der Waals surface area contributed by atoms with Crippen LogP contribution in [0.2, 0.25) is 0 Å². The first-order valence-electron chi connectivity index (χ1n) is 4.24. The molecule has 0 amide bonds. The van der Waals surface area contributed by atoms with Crippen molar-refractivity contribution in [3.8, 4) is 0 Å². The number of nitrogens with zero attached hydrogens (tertiary/aromatic N) is 2. The fraction of sp³-hybridized carbons (Fsp3) is 0.200. The van der Waals surface area contributed by atoms with Crippen molar-refractivity contribution in [1.29, 1.82) is 0 Å². The second-order valence-electron chi connectivity index (χ2n) is 3.14. The molecule has 0 aliphatic carbocycles. The van der Waals surface area contributed by atoms with Gasteiger partial charge in [-0.2, -0.15) is 0 Å². The van der Waals surface area contributed by atoms with Crippen molar-refractivity contribution in [2.75, 3.05) is 0 Å². The minimum Gasteiger partial charge on any atom is -0.378 e. The maximum absolute atomic E-state index is 10.3. The lowest BCUT2D eigenvalue weighted by atomic mass is 10.0. The van der Waals surface area contributed by atoms with Crippen LogP contribution in [0.5, 0.6) is 0 Å². The zero-order chi connectivity index (χ0) is 10.0. The number of thiophene rings is 1. The highest BCUT2D eigenvalue weighted by atomic mass is 32.1. The highest BCUT2D eigenvalue weighted by Crippen LogP contribution is 2.30. The molecule has 0 saturated heterocycles. The molecule has 0 spiro atoms. The monoisotopic (exact) mass is 206 g/mol. The maximum atomic E-state index is 10.3. The van der Waals surface area contributed by atoms with E-state index in [1.807, 2.05) is 17.5 Å². The molecule has 4 heteroatoms. The lowest BCUT2D eigenvalue weighted by molar-refractivity contribution is 0.101. The molecular weight excluding hydrogens is 196 g/mol. The van der Waals surface area contributed by atoms with Crippen LogP contribution in [0.3, 0.4) is 0 Å². The normalized spacial score (nSPS) is 15.0. The van der Waals surface area contributed by atoms with Crippen LogP contribution >= 0.6 is 11.3 Å². The molecule has 72 valence electrons. The highest BCUT2D eigenvalue weighted by molar-refractivity contribution is 7.10. The molecule has 0 aliphatic heterocycles. The Morgan fingerprint density at radius 2 is 2.29 bits per heavy atom. The van der Waals surface area contributed by atoms with Gasteiger partial charge in [-0.15, -0.1) is 11.3 Å². The topological polar surface area (TPSA) is 46.0 Å². The zero-order valence-corrected chi connectivity index (χ0v) is 8.53. The van der Waals surface area contributed by atoms with Crippen LogP contribution in [-0.2, 0) is 5.60 Å². The zero-order valence-electron chi connectivity index (χ0n) is 7.71. The van der Waals surface area contributed by atoms with Gasteiger partial charge in [0.15, 0.2) is 0 Å². The van der Waals surface area contributed by atoms with Gasteiger partial charge in [0.05, 0.1) is 11.9 Å². The average molecular weight is 206 g/mol. The predicted molar refractivity (Wildman–Crippen MR) is 55.0 cm³/mol. The second-order valence-corrected chi connectivity index (χ2v) is 4.09. The molecular formula is C10H10N2OS. The van der Waals surface area contributed by atoms with Crippen molar-refractivity contribution in [3.05, 3.63) is 46.7 Å². The van der Waals surface area contributed by atoms with Crippen LogP contribution in [0.1, 0.15) is 17.5 Å². The van der Waals surface area contributed by atoms with E-state index in [0.717, 1.165) is 4.88 Å². The Morgan fingerprint density at radius 3 is 2.86 bits per heavy atom. The number of hydrogen-bond acceptors (Lipinski definition) is 4. The van der Waals surface area contributed by atoms with E-state index in [0.29, 0.717) is 5.69 Å². The summed E-state index contributed by atoms with van der Waals surface area (Å²) in [5, 5.41) is 12.2. The summed E-state index contributed by atoms with van der Waals surface area (Å²) in [6.45, 7) is 1.73. The van der Waals surface area contributed by atoms with Gasteiger partial charge in [-0.25, -0.2) is 0 Å². The van der Waals surface area contributed by atoms with Gasteiger partial charge in [-0.1, -0.05) is 6.07 Å². The van der Waals surface area contributed by atoms with Crippen LogP contribution in [0, 0.1) is 0 Å². The van der Waals surface area contributed by atoms with Gasteiger partial charge in [-0.05, 0) is 18.4 Å². The molecule has 0 bridgehead atoms. The lowest BCUT2D eigenvalue weighted by Gasteiger charge is -2.20. The molecule has 1 atom stereocenters. The Morgan fingerprint density at radius 1 is 1.43 bits per heavy atom. The van der Waals surface area contributed by atoms with Crippen LogP contribution < -0.4 is 0 Å². The van der Waals surface area contributed by atoms with Crippen LogP contribution in [0.15, 0.2) is 36.1 Å². The standard InChI is InChI=1S/C10H10N2OS/c1-10(13,9-3-2-6-14-9)8-7-11-4-5-12-8/h2-7,13H,1H3. The van der Waals surface area contributed by atoms with Gasteiger partial charge in [0.1, 0.15) is 5.60 Å². The molecule has 2 heterocycles. The van der Waals surface area contributed by atoms with Crippen molar-refractivity contribution in [3.63, 3.8) is 0 Å². The molecule has 1 N–H and O–H groups in total. The number of hydrogen-bond donors (Lipinski definition) is 1. The fourth-order valence-corrected chi connectivity index (χ4v) is 2.03. The second kappa shape index (κ2) is 3.48. The molecule has 0 fully saturated rings. The van der Waals surface area contributed by atoms with Crippen molar-refractivity contribution in [1.82, 2.24) is 9.97 Å². The summed E-state index contributed by atoms with van der Waals surface area (Å²) < 4.78 is 0. The summed E-state index contributed by atoms with van der Waals surface area (Å²) >= 11 is 1.51. The van der Waals surface area contributed by atoms with Crippen molar-refractivity contribution < 1.29 is 5.11 Å². The summed E-state index contributed by atoms with van der Waals surface area (Å²) in [6.07, 6.45) is 4.76. The van der Waals surface area contributed by atoms with Gasteiger partial charge >= 0.3 is 0 Å². The first kappa shape index (κ1) is 9.30. The quantitative estimate of drug-likeness (QED) is 0.814. The number of rotatable bonds is 2. The van der Waals surface area contributed by atoms with E-state index < -0.39 is 5.60 Å². The van der Waals surface area contributed by atoms with Crippen LogP contribution in [0.4, 0.5) is 0 Å². The van der Waals surface area contributed by atoms with E-state index in [4.69, 9.17) is 0 Å². The van der Waals surface area contributed by atoms with Gasteiger partial charge < -0.3 is 5.11 Å². The molecule has 0 saturated carbocycles. The highest BCUT2D eigenvalue weighted by Gasteiger charge is 2.28. The number of aromatic nitrogens is 2. The summed E-state index contributed by atoms with van der Waals surface area (Å²) in [7, 11) is 0. The smallest absolute Gasteiger partial charge is 0.139 e. The van der Waals surface area contributed by atoms with Gasteiger partial charge in [-0.3, -0.25) is 9.97 Å². The molecule has 2 aromatic rings. The van der Waals surface area contributed by atoms with E-state index >= 15 is 0 Å². The molecule has 14 heavy (non-hydrogen) atoms. The third-order valence-corrected chi connectivity index (χ3v) is 3.14. The Hall–Kier alpha value is -1.26. The molecule has 0 aromatic carbocycles. The van der Waals surface area contributed by atoms with E-state index in [2.05, 4.69) is 9.97 Å². The summed E-state index contributed by atoms with van der Waals surface area (Å²) in [5.41, 5.74) is -0.468. The van der Waals surface area contributed by atoms with Gasteiger partial charge in [0.2, 0.25) is 0 Å². The van der Waals surface area contributed by atoms with E-state index in [1.54, 1.807) is 25.5 Å². The van der Waals surface area contributed by atoms with Crippen molar-refractivity contribution in [2.45, 2.75) is 12.5 Å². The van der Waals surface area contributed by atoms with Gasteiger partial charge in [0.25, 0.3) is 0 Å². The molecule has 1 unspecified atom stereocenters. The maximum Gasteiger partial charge on any atom is 0.139 e. The molecule has 0 aliphatic rings. The fourth-order valence-electron chi connectivity index (χ4n) is 1.23. The minimum atomic E-state index is -1.04. The predicted octanol–water partition coefficient (Wildman–Crippen LogP) is 1.79. The first-order chi connectivity index (χ1) is 6.71. The molecule has 2 aromatic heterocycles. The van der Waals surface area contributed by atoms with E-state index in [9.17, 15) is 5.11 Å².